The summed E-state index contributed by atoms with van der Waals surface area (Å²) in [5, 5.41) is 0. The summed E-state index contributed by atoms with van der Waals surface area (Å²) in [6.07, 6.45) is 0.639. The zero-order valence-electron chi connectivity index (χ0n) is 9.82. The highest BCUT2D eigenvalue weighted by Gasteiger charge is 2.13. The van der Waals surface area contributed by atoms with Gasteiger partial charge in [-0.2, -0.15) is 0 Å². The Morgan fingerprint density at radius 3 is 2.69 bits per heavy atom. The Kier molecular flexibility index (Phi) is 4.31. The second-order valence-electron chi connectivity index (χ2n) is 3.72. The molecule has 0 aliphatic rings. The summed E-state index contributed by atoms with van der Waals surface area (Å²) < 4.78 is 10.3. The van der Waals surface area contributed by atoms with Crippen molar-refractivity contribution in [3.63, 3.8) is 0 Å². The molecule has 16 heavy (non-hydrogen) atoms. The third-order valence-electron chi connectivity index (χ3n) is 2.07. The number of hydrogen-bond donors (Lipinski definition) is 1. The fourth-order valence-corrected chi connectivity index (χ4v) is 1.49. The van der Waals surface area contributed by atoms with Gasteiger partial charge in [0.25, 0.3) is 0 Å². The second-order valence-corrected chi connectivity index (χ2v) is 3.72. The van der Waals surface area contributed by atoms with E-state index in [1.54, 1.807) is 6.07 Å². The van der Waals surface area contributed by atoms with Crippen molar-refractivity contribution < 1.29 is 14.3 Å². The van der Waals surface area contributed by atoms with Crippen LogP contribution >= 0.6 is 0 Å². The van der Waals surface area contributed by atoms with E-state index < -0.39 is 0 Å². The Bertz CT molecular complexity index is 375. The maximum Gasteiger partial charge on any atom is 0.308 e. The lowest BCUT2D eigenvalue weighted by Crippen LogP contribution is -2.19. The fraction of sp³-hybridized carbons (Fsp3) is 0.417. The van der Waals surface area contributed by atoms with E-state index in [-0.39, 0.29) is 12.0 Å². The molecule has 1 aromatic rings. The number of ether oxygens (including phenoxy) is 2. The zero-order valence-corrected chi connectivity index (χ0v) is 9.82. The molecule has 1 rings (SSSR count). The van der Waals surface area contributed by atoms with Crippen molar-refractivity contribution in [3.8, 4) is 11.5 Å². The Labute approximate surface area is 95.3 Å². The average molecular weight is 223 g/mol. The van der Waals surface area contributed by atoms with Gasteiger partial charge in [-0.3, -0.25) is 4.79 Å². The summed E-state index contributed by atoms with van der Waals surface area (Å²) in [7, 11) is 1.54. The normalized spacial score (nSPS) is 12.0. The molecule has 0 fully saturated rings. The molecule has 88 valence electrons. The maximum atomic E-state index is 11.0. The summed E-state index contributed by atoms with van der Waals surface area (Å²) in [6.45, 7) is 3.26. The quantitative estimate of drug-likeness (QED) is 0.621. The van der Waals surface area contributed by atoms with Crippen molar-refractivity contribution in [2.24, 2.45) is 5.73 Å². The number of carbonyl (C=O) groups excluding carboxylic acids is 1. The summed E-state index contributed by atoms with van der Waals surface area (Å²) >= 11 is 0. The highest BCUT2D eigenvalue weighted by atomic mass is 16.6. The van der Waals surface area contributed by atoms with E-state index in [1.165, 1.54) is 14.0 Å². The average Bonchev–Trinajstić information content (AvgIpc) is 2.19. The first-order chi connectivity index (χ1) is 7.54. The van der Waals surface area contributed by atoms with Gasteiger partial charge in [-0.1, -0.05) is 12.1 Å². The first-order valence-electron chi connectivity index (χ1n) is 5.14. The van der Waals surface area contributed by atoms with Crippen LogP contribution in [0.15, 0.2) is 18.2 Å². The number of rotatable bonds is 4. The Hall–Kier alpha value is -1.55. The second kappa shape index (κ2) is 5.51. The Morgan fingerprint density at radius 2 is 2.19 bits per heavy atom. The predicted octanol–water partition coefficient (Wildman–Crippen LogP) is 1.51. The van der Waals surface area contributed by atoms with Crippen LogP contribution in [-0.4, -0.2) is 19.1 Å². The minimum Gasteiger partial charge on any atom is -0.493 e. The van der Waals surface area contributed by atoms with Crippen molar-refractivity contribution in [2.45, 2.75) is 26.3 Å². The third kappa shape index (κ3) is 3.24. The molecule has 2 N–H and O–H groups in total. The summed E-state index contributed by atoms with van der Waals surface area (Å²) in [4.78, 5) is 11.0. The van der Waals surface area contributed by atoms with Crippen LogP contribution in [0.4, 0.5) is 0 Å². The van der Waals surface area contributed by atoms with Gasteiger partial charge < -0.3 is 15.2 Å². The molecule has 1 unspecified atom stereocenters. The van der Waals surface area contributed by atoms with Crippen LogP contribution in [0.1, 0.15) is 19.4 Å². The molecule has 0 aromatic heterocycles. The molecule has 0 saturated carbocycles. The summed E-state index contributed by atoms with van der Waals surface area (Å²) in [5.41, 5.74) is 6.61. The van der Waals surface area contributed by atoms with E-state index in [0.717, 1.165) is 5.56 Å². The molecule has 0 bridgehead atoms. The van der Waals surface area contributed by atoms with Crippen molar-refractivity contribution >= 4 is 5.97 Å². The van der Waals surface area contributed by atoms with E-state index in [0.29, 0.717) is 17.9 Å². The number of nitrogens with two attached hydrogens (primary N) is 1. The highest BCUT2D eigenvalue weighted by molar-refractivity contribution is 5.71. The van der Waals surface area contributed by atoms with Gasteiger partial charge in [-0.15, -0.1) is 0 Å². The Balaban J connectivity index is 3.09. The minimum atomic E-state index is -0.365. The molecule has 1 aromatic carbocycles. The smallest absolute Gasteiger partial charge is 0.308 e. The molecule has 0 heterocycles. The van der Waals surface area contributed by atoms with Gasteiger partial charge in [-0.05, 0) is 19.4 Å². The van der Waals surface area contributed by atoms with Gasteiger partial charge in [0.05, 0.1) is 7.11 Å². The van der Waals surface area contributed by atoms with Gasteiger partial charge in [-0.25, -0.2) is 0 Å². The van der Waals surface area contributed by atoms with E-state index in [4.69, 9.17) is 15.2 Å². The van der Waals surface area contributed by atoms with Crippen molar-refractivity contribution in [1.82, 2.24) is 0 Å². The van der Waals surface area contributed by atoms with Crippen molar-refractivity contribution in [1.29, 1.82) is 0 Å². The topological polar surface area (TPSA) is 61.6 Å². The van der Waals surface area contributed by atoms with Crippen LogP contribution in [0.3, 0.4) is 0 Å². The summed E-state index contributed by atoms with van der Waals surface area (Å²) in [5.74, 6) is 0.651. The van der Waals surface area contributed by atoms with E-state index in [1.807, 2.05) is 19.1 Å². The highest BCUT2D eigenvalue weighted by Crippen LogP contribution is 2.31. The van der Waals surface area contributed by atoms with Crippen LogP contribution in [-0.2, 0) is 11.2 Å². The number of carbonyl (C=O) groups is 1. The van der Waals surface area contributed by atoms with E-state index in [9.17, 15) is 4.79 Å². The van der Waals surface area contributed by atoms with Gasteiger partial charge >= 0.3 is 5.97 Å². The van der Waals surface area contributed by atoms with Gasteiger partial charge in [0.2, 0.25) is 0 Å². The lowest BCUT2D eigenvalue weighted by Gasteiger charge is -2.14. The van der Waals surface area contributed by atoms with Crippen LogP contribution in [0, 0.1) is 0 Å². The Morgan fingerprint density at radius 1 is 1.50 bits per heavy atom. The van der Waals surface area contributed by atoms with Crippen LogP contribution in [0.2, 0.25) is 0 Å². The molecule has 0 aliphatic carbocycles. The van der Waals surface area contributed by atoms with Gasteiger partial charge in [0.15, 0.2) is 11.5 Å². The van der Waals surface area contributed by atoms with Gasteiger partial charge in [0.1, 0.15) is 0 Å². The first kappa shape index (κ1) is 12.5. The molecule has 0 amide bonds. The van der Waals surface area contributed by atoms with Crippen molar-refractivity contribution in [2.75, 3.05) is 7.11 Å². The number of hydrogen-bond acceptors (Lipinski definition) is 4. The van der Waals surface area contributed by atoms with Crippen LogP contribution < -0.4 is 15.2 Å². The molecule has 0 radical (unpaired) electrons. The van der Waals surface area contributed by atoms with E-state index in [2.05, 4.69) is 0 Å². The first-order valence-corrected chi connectivity index (χ1v) is 5.14. The third-order valence-corrected chi connectivity index (χ3v) is 2.07. The number of para-hydroxylation sites is 1. The van der Waals surface area contributed by atoms with E-state index >= 15 is 0 Å². The monoisotopic (exact) mass is 223 g/mol. The van der Waals surface area contributed by atoms with Crippen LogP contribution in [0.25, 0.3) is 0 Å². The SMILES string of the molecule is COc1cccc(CC(C)N)c1OC(C)=O. The predicted molar refractivity (Wildman–Crippen MR) is 61.7 cm³/mol. The lowest BCUT2D eigenvalue weighted by atomic mass is 10.1. The molecular formula is C12H17NO3. The van der Waals surface area contributed by atoms with Crippen molar-refractivity contribution in [3.05, 3.63) is 23.8 Å². The molecule has 0 spiro atoms. The standard InChI is InChI=1S/C12H17NO3/c1-8(13)7-10-5-4-6-11(15-3)12(10)16-9(2)14/h4-6,8H,7,13H2,1-3H3. The molecule has 1 atom stereocenters. The van der Waals surface area contributed by atoms with Crippen LogP contribution in [0.5, 0.6) is 11.5 Å². The number of methoxy groups -OCH3 is 1. The number of benzene rings is 1. The minimum absolute atomic E-state index is 0.00131. The summed E-state index contributed by atoms with van der Waals surface area (Å²) in [6, 6.07) is 5.48. The maximum absolute atomic E-state index is 11.0. The molecule has 4 heteroatoms. The zero-order chi connectivity index (χ0) is 12.1. The number of esters is 1. The van der Waals surface area contributed by atoms with Gasteiger partial charge in [0, 0.05) is 18.5 Å². The fourth-order valence-electron chi connectivity index (χ4n) is 1.49. The lowest BCUT2D eigenvalue weighted by molar-refractivity contribution is -0.132. The molecule has 0 saturated heterocycles. The molecular weight excluding hydrogens is 206 g/mol. The molecule has 0 aliphatic heterocycles. The molecule has 4 nitrogen and oxygen atoms in total. The largest absolute Gasteiger partial charge is 0.493 e.